The average Bonchev–Trinajstić information content (AvgIpc) is 2.95. The van der Waals surface area contributed by atoms with Crippen molar-refractivity contribution in [1.29, 1.82) is 5.26 Å². The van der Waals surface area contributed by atoms with Gasteiger partial charge in [-0.1, -0.05) is 6.07 Å². The zero-order valence-electron chi connectivity index (χ0n) is 12.3. The Bertz CT molecular complexity index is 1030. The summed E-state index contributed by atoms with van der Waals surface area (Å²) in [4.78, 5) is 3.08. The number of hydrogen-bond acceptors (Lipinski definition) is 4. The van der Waals surface area contributed by atoms with Crippen LogP contribution >= 0.6 is 0 Å². The fourth-order valence-corrected chi connectivity index (χ4v) is 3.52. The molecule has 0 aliphatic carbocycles. The van der Waals surface area contributed by atoms with Gasteiger partial charge in [-0.3, -0.25) is 4.72 Å². The smallest absolute Gasteiger partial charge is 0.261 e. The van der Waals surface area contributed by atoms with Crippen LogP contribution in [-0.4, -0.2) is 13.4 Å². The number of nitrogens with one attached hydrogen (secondary N) is 2. The lowest BCUT2D eigenvalue weighted by Gasteiger charge is -2.10. The summed E-state index contributed by atoms with van der Waals surface area (Å²) in [6.45, 7) is 1.87. The number of nitrogens with two attached hydrogens (primary N) is 1. The van der Waals surface area contributed by atoms with Gasteiger partial charge in [0.05, 0.1) is 21.7 Å². The SMILES string of the molecule is Cc1ccc(NS(=O)(=O)c2ccc(N)cc2)c2[nH]cc(C#N)c12. The monoisotopic (exact) mass is 326 g/mol. The minimum absolute atomic E-state index is 0.118. The van der Waals surface area contributed by atoms with Gasteiger partial charge in [0.15, 0.2) is 0 Å². The van der Waals surface area contributed by atoms with Crippen LogP contribution < -0.4 is 10.5 Å². The third kappa shape index (κ3) is 2.60. The molecule has 0 aliphatic rings. The largest absolute Gasteiger partial charge is 0.399 e. The van der Waals surface area contributed by atoms with Crippen molar-refractivity contribution < 1.29 is 8.42 Å². The standard InChI is InChI=1S/C16H14N4O2S/c1-10-2-7-14(16-15(10)11(8-17)9-19-16)20-23(21,22)13-5-3-12(18)4-6-13/h2-7,9,19-20H,18H2,1H3. The predicted molar refractivity (Wildman–Crippen MR) is 89.4 cm³/mol. The lowest BCUT2D eigenvalue weighted by Crippen LogP contribution is -2.13. The maximum Gasteiger partial charge on any atom is 0.261 e. The Kier molecular flexibility index (Phi) is 3.47. The van der Waals surface area contributed by atoms with Crippen molar-refractivity contribution >= 4 is 32.3 Å². The molecule has 116 valence electrons. The lowest BCUT2D eigenvalue weighted by atomic mass is 10.1. The Morgan fingerprint density at radius 2 is 1.87 bits per heavy atom. The van der Waals surface area contributed by atoms with Gasteiger partial charge in [-0.25, -0.2) is 8.42 Å². The van der Waals surface area contributed by atoms with Crippen LogP contribution in [0.3, 0.4) is 0 Å². The number of nitrogen functional groups attached to an aromatic ring is 1. The average molecular weight is 326 g/mol. The molecule has 23 heavy (non-hydrogen) atoms. The van der Waals surface area contributed by atoms with Gasteiger partial charge in [-0.15, -0.1) is 0 Å². The van der Waals surface area contributed by atoms with E-state index in [1.807, 2.05) is 6.92 Å². The van der Waals surface area contributed by atoms with Crippen molar-refractivity contribution in [2.45, 2.75) is 11.8 Å². The van der Waals surface area contributed by atoms with Gasteiger partial charge in [-0.2, -0.15) is 5.26 Å². The summed E-state index contributed by atoms with van der Waals surface area (Å²) in [5.41, 5.74) is 8.42. The van der Waals surface area contributed by atoms with E-state index < -0.39 is 10.0 Å². The van der Waals surface area contributed by atoms with Crippen molar-refractivity contribution in [3.8, 4) is 6.07 Å². The van der Waals surface area contributed by atoms with Gasteiger partial charge in [0, 0.05) is 17.3 Å². The predicted octanol–water partition coefficient (Wildman–Crippen LogP) is 2.73. The van der Waals surface area contributed by atoms with Crippen LogP contribution in [0.25, 0.3) is 10.9 Å². The molecule has 0 amide bonds. The molecule has 3 rings (SSSR count). The minimum Gasteiger partial charge on any atom is -0.399 e. The fourth-order valence-electron chi connectivity index (χ4n) is 2.44. The van der Waals surface area contributed by atoms with E-state index in [4.69, 9.17) is 11.0 Å². The first kappa shape index (κ1) is 14.9. The lowest BCUT2D eigenvalue weighted by molar-refractivity contribution is 0.601. The summed E-state index contributed by atoms with van der Waals surface area (Å²) in [5.74, 6) is 0. The summed E-state index contributed by atoms with van der Waals surface area (Å²) >= 11 is 0. The number of nitrogens with zero attached hydrogens (tertiary/aromatic N) is 1. The first-order valence-corrected chi connectivity index (χ1v) is 8.30. The molecule has 4 N–H and O–H groups in total. The zero-order chi connectivity index (χ0) is 16.6. The van der Waals surface area contributed by atoms with Gasteiger partial charge in [0.2, 0.25) is 0 Å². The van der Waals surface area contributed by atoms with Gasteiger partial charge >= 0.3 is 0 Å². The Labute approximate surface area is 133 Å². The fraction of sp³-hybridized carbons (Fsp3) is 0.0625. The van der Waals surface area contributed by atoms with Crippen molar-refractivity contribution in [2.75, 3.05) is 10.5 Å². The van der Waals surface area contributed by atoms with Gasteiger partial charge in [0.1, 0.15) is 6.07 Å². The van der Waals surface area contributed by atoms with E-state index in [0.29, 0.717) is 27.8 Å². The van der Waals surface area contributed by atoms with Crippen molar-refractivity contribution in [1.82, 2.24) is 4.98 Å². The second-order valence-electron chi connectivity index (χ2n) is 5.17. The van der Waals surface area contributed by atoms with Crippen LogP contribution in [0.1, 0.15) is 11.1 Å². The molecule has 0 atom stereocenters. The maximum absolute atomic E-state index is 12.5. The van der Waals surface area contributed by atoms with E-state index in [-0.39, 0.29) is 4.90 Å². The number of anilines is 2. The molecule has 0 radical (unpaired) electrons. The van der Waals surface area contributed by atoms with E-state index in [2.05, 4.69) is 15.8 Å². The Morgan fingerprint density at radius 3 is 2.52 bits per heavy atom. The van der Waals surface area contributed by atoms with Crippen molar-refractivity contribution in [3.05, 3.63) is 53.7 Å². The second kappa shape index (κ2) is 5.34. The summed E-state index contributed by atoms with van der Waals surface area (Å²) in [5, 5.41) is 9.87. The first-order valence-electron chi connectivity index (χ1n) is 6.81. The van der Waals surface area contributed by atoms with Gasteiger partial charge in [-0.05, 0) is 42.8 Å². The highest BCUT2D eigenvalue weighted by atomic mass is 32.2. The van der Waals surface area contributed by atoms with Crippen LogP contribution in [0.2, 0.25) is 0 Å². The van der Waals surface area contributed by atoms with Crippen molar-refractivity contribution in [2.24, 2.45) is 0 Å². The highest BCUT2D eigenvalue weighted by Gasteiger charge is 2.17. The number of nitriles is 1. The number of H-pyrrole nitrogens is 1. The Morgan fingerprint density at radius 1 is 1.17 bits per heavy atom. The van der Waals surface area contributed by atoms with Crippen LogP contribution in [0.5, 0.6) is 0 Å². The second-order valence-corrected chi connectivity index (χ2v) is 6.85. The molecule has 1 heterocycles. The Balaban J connectivity index is 2.08. The molecule has 6 nitrogen and oxygen atoms in total. The summed E-state index contributed by atoms with van der Waals surface area (Å²) < 4.78 is 27.5. The van der Waals surface area contributed by atoms with E-state index >= 15 is 0 Å². The highest BCUT2D eigenvalue weighted by molar-refractivity contribution is 7.92. The minimum atomic E-state index is -3.74. The van der Waals surface area contributed by atoms with Crippen LogP contribution in [0.4, 0.5) is 11.4 Å². The molecule has 1 aromatic heterocycles. The Hall–Kier alpha value is -2.98. The van der Waals surface area contributed by atoms with Crippen LogP contribution in [0, 0.1) is 18.3 Å². The number of aromatic nitrogens is 1. The zero-order valence-corrected chi connectivity index (χ0v) is 13.1. The number of hydrogen-bond donors (Lipinski definition) is 3. The van der Waals surface area contributed by atoms with E-state index in [0.717, 1.165) is 5.56 Å². The van der Waals surface area contributed by atoms with E-state index in [9.17, 15) is 8.42 Å². The third-order valence-electron chi connectivity index (χ3n) is 3.60. The number of aromatic amines is 1. The quantitative estimate of drug-likeness (QED) is 0.642. The summed E-state index contributed by atoms with van der Waals surface area (Å²) in [6.07, 6.45) is 1.57. The normalized spacial score (nSPS) is 11.3. The molecule has 2 aromatic carbocycles. The van der Waals surface area contributed by atoms with Gasteiger partial charge in [0.25, 0.3) is 10.0 Å². The summed E-state index contributed by atoms with van der Waals surface area (Å²) in [7, 11) is -3.74. The molecule has 0 saturated heterocycles. The molecule has 0 fully saturated rings. The molecular formula is C16H14N4O2S. The van der Waals surface area contributed by atoms with Crippen LogP contribution in [0.15, 0.2) is 47.5 Å². The molecule has 0 unspecified atom stereocenters. The number of fused-ring (bicyclic) bond motifs is 1. The number of benzene rings is 2. The highest BCUT2D eigenvalue weighted by Crippen LogP contribution is 2.30. The van der Waals surface area contributed by atoms with E-state index in [1.54, 1.807) is 18.3 Å². The topological polar surface area (TPSA) is 112 Å². The maximum atomic E-state index is 12.5. The number of aryl methyl sites for hydroxylation is 1. The number of rotatable bonds is 3. The molecule has 0 aliphatic heterocycles. The number of sulfonamides is 1. The molecular weight excluding hydrogens is 312 g/mol. The molecule has 0 bridgehead atoms. The molecule has 3 aromatic rings. The molecule has 0 spiro atoms. The molecule has 0 saturated carbocycles. The van der Waals surface area contributed by atoms with Crippen LogP contribution in [-0.2, 0) is 10.0 Å². The molecule has 7 heteroatoms. The first-order chi connectivity index (χ1) is 10.9. The van der Waals surface area contributed by atoms with Gasteiger partial charge < -0.3 is 10.7 Å². The van der Waals surface area contributed by atoms with E-state index in [1.165, 1.54) is 24.3 Å². The van der Waals surface area contributed by atoms with Crippen molar-refractivity contribution in [3.63, 3.8) is 0 Å². The summed E-state index contributed by atoms with van der Waals surface area (Å²) in [6, 6.07) is 11.5. The third-order valence-corrected chi connectivity index (χ3v) is 4.98.